The monoisotopic (exact) mass is 448 g/mol. The number of carbonyl (C=O) groups is 1. The van der Waals surface area contributed by atoms with Crippen LogP contribution in [0.25, 0.3) is 0 Å². The van der Waals surface area contributed by atoms with Gasteiger partial charge in [0.1, 0.15) is 0 Å². The molecule has 2 atom stereocenters. The molecule has 32 heavy (non-hydrogen) atoms. The number of benzene rings is 1. The molecule has 1 fully saturated rings. The first-order valence-corrected chi connectivity index (χ1v) is 11.2. The Kier molecular flexibility index (Phi) is 6.55. The van der Waals surface area contributed by atoms with E-state index >= 15 is 0 Å². The standard InChI is InChI=1S/C25H28N4O2S/c1-17-15-20(18(2)29(17)16-19-9-5-4-6-10-19)24-23(21-11-7-8-13-26-21)27-25(32)28(24)14-12-22(30)31-3/h4-11,13,15,23-24H,12,14,16H2,1-3H3,(H,27,32)/t23-,24+/m1/s1. The molecule has 0 amide bonds. The Bertz CT molecular complexity index is 1100. The van der Waals surface area contributed by atoms with Crippen molar-refractivity contribution in [2.75, 3.05) is 13.7 Å². The fourth-order valence-electron chi connectivity index (χ4n) is 4.44. The predicted molar refractivity (Wildman–Crippen MR) is 128 cm³/mol. The minimum atomic E-state index is -0.248. The van der Waals surface area contributed by atoms with Crippen LogP contribution in [0.4, 0.5) is 0 Å². The molecule has 166 valence electrons. The number of rotatable bonds is 7. The molecule has 3 heterocycles. The van der Waals surface area contributed by atoms with Crippen LogP contribution in [0.3, 0.4) is 0 Å². The molecular weight excluding hydrogens is 420 g/mol. The lowest BCUT2D eigenvalue weighted by Gasteiger charge is -2.28. The second kappa shape index (κ2) is 9.53. The predicted octanol–water partition coefficient (Wildman–Crippen LogP) is 4.08. The molecule has 7 heteroatoms. The van der Waals surface area contributed by atoms with Gasteiger partial charge in [-0.25, -0.2) is 0 Å². The van der Waals surface area contributed by atoms with Crippen molar-refractivity contribution in [2.24, 2.45) is 0 Å². The SMILES string of the molecule is COC(=O)CCN1C(=S)N[C@H](c2ccccn2)[C@@H]1c1cc(C)n(Cc2ccccc2)c1C. The van der Waals surface area contributed by atoms with Gasteiger partial charge in [0.05, 0.1) is 31.3 Å². The number of nitrogens with zero attached hydrogens (tertiary/aromatic N) is 3. The maximum Gasteiger partial charge on any atom is 0.307 e. The summed E-state index contributed by atoms with van der Waals surface area (Å²) in [7, 11) is 1.41. The highest BCUT2D eigenvalue weighted by atomic mass is 32.1. The Balaban J connectivity index is 1.73. The Hall–Kier alpha value is -3.19. The molecule has 1 aliphatic heterocycles. The summed E-state index contributed by atoms with van der Waals surface area (Å²) in [6.45, 7) is 5.57. The van der Waals surface area contributed by atoms with Crippen molar-refractivity contribution in [1.82, 2.24) is 19.8 Å². The van der Waals surface area contributed by atoms with Gasteiger partial charge in [0, 0.05) is 30.7 Å². The Morgan fingerprint density at radius 3 is 2.59 bits per heavy atom. The van der Waals surface area contributed by atoms with E-state index in [1.54, 1.807) is 6.20 Å². The summed E-state index contributed by atoms with van der Waals surface area (Å²) in [5, 5.41) is 4.08. The molecule has 0 bridgehead atoms. The van der Waals surface area contributed by atoms with Crippen molar-refractivity contribution in [2.45, 2.75) is 38.9 Å². The lowest BCUT2D eigenvalue weighted by molar-refractivity contribution is -0.140. The molecule has 0 saturated carbocycles. The molecule has 1 aliphatic rings. The number of esters is 1. The third-order valence-electron chi connectivity index (χ3n) is 6.10. The summed E-state index contributed by atoms with van der Waals surface area (Å²) in [5.74, 6) is -0.248. The number of aromatic nitrogens is 2. The van der Waals surface area contributed by atoms with Crippen molar-refractivity contribution in [3.8, 4) is 0 Å². The van der Waals surface area contributed by atoms with Crippen LogP contribution in [0.2, 0.25) is 0 Å². The minimum absolute atomic E-state index is 0.0715. The molecule has 3 aromatic rings. The van der Waals surface area contributed by atoms with E-state index in [-0.39, 0.29) is 24.5 Å². The number of hydrogen-bond donors (Lipinski definition) is 1. The first-order chi connectivity index (χ1) is 15.5. The van der Waals surface area contributed by atoms with Crippen molar-refractivity contribution in [3.05, 3.63) is 89.0 Å². The third kappa shape index (κ3) is 4.39. The maximum absolute atomic E-state index is 11.9. The molecule has 1 saturated heterocycles. The Labute approximate surface area is 194 Å². The van der Waals surface area contributed by atoms with Crippen LogP contribution >= 0.6 is 12.2 Å². The number of nitrogens with one attached hydrogen (secondary N) is 1. The quantitative estimate of drug-likeness (QED) is 0.434. The number of methoxy groups -OCH3 is 1. The van der Waals surface area contributed by atoms with Crippen LogP contribution in [-0.4, -0.2) is 39.2 Å². The van der Waals surface area contributed by atoms with Crippen LogP contribution in [-0.2, 0) is 16.1 Å². The minimum Gasteiger partial charge on any atom is -0.469 e. The van der Waals surface area contributed by atoms with E-state index in [1.165, 1.54) is 29.6 Å². The van der Waals surface area contributed by atoms with Crippen LogP contribution in [0.15, 0.2) is 60.8 Å². The molecule has 0 aliphatic carbocycles. The first kappa shape index (κ1) is 22.0. The summed E-state index contributed by atoms with van der Waals surface area (Å²) in [4.78, 5) is 18.6. The van der Waals surface area contributed by atoms with E-state index in [0.29, 0.717) is 11.7 Å². The van der Waals surface area contributed by atoms with Gasteiger partial charge in [0.15, 0.2) is 5.11 Å². The van der Waals surface area contributed by atoms with E-state index in [9.17, 15) is 4.79 Å². The second-order valence-electron chi connectivity index (χ2n) is 8.04. The van der Waals surface area contributed by atoms with Gasteiger partial charge in [0.2, 0.25) is 0 Å². The van der Waals surface area contributed by atoms with Gasteiger partial charge in [-0.15, -0.1) is 0 Å². The topological polar surface area (TPSA) is 59.4 Å². The molecule has 2 aromatic heterocycles. The summed E-state index contributed by atoms with van der Waals surface area (Å²) in [6, 6.07) is 18.4. The largest absolute Gasteiger partial charge is 0.469 e. The van der Waals surface area contributed by atoms with Crippen molar-refractivity contribution < 1.29 is 9.53 Å². The van der Waals surface area contributed by atoms with Crippen LogP contribution in [0, 0.1) is 13.8 Å². The first-order valence-electron chi connectivity index (χ1n) is 10.7. The molecule has 0 spiro atoms. The normalized spacial score (nSPS) is 18.0. The highest BCUT2D eigenvalue weighted by molar-refractivity contribution is 7.80. The second-order valence-corrected chi connectivity index (χ2v) is 8.43. The molecule has 4 rings (SSSR count). The lowest BCUT2D eigenvalue weighted by Crippen LogP contribution is -2.32. The zero-order valence-corrected chi connectivity index (χ0v) is 19.4. The smallest absolute Gasteiger partial charge is 0.307 e. The van der Waals surface area contributed by atoms with Crippen LogP contribution < -0.4 is 5.32 Å². The Morgan fingerprint density at radius 2 is 1.91 bits per heavy atom. The van der Waals surface area contributed by atoms with Crippen LogP contribution in [0.5, 0.6) is 0 Å². The van der Waals surface area contributed by atoms with Gasteiger partial charge in [-0.05, 0) is 55.4 Å². The number of ether oxygens (including phenoxy) is 1. The maximum atomic E-state index is 11.9. The summed E-state index contributed by atoms with van der Waals surface area (Å²) in [6.07, 6.45) is 2.07. The highest BCUT2D eigenvalue weighted by Gasteiger charge is 2.41. The van der Waals surface area contributed by atoms with Gasteiger partial charge in [-0.1, -0.05) is 36.4 Å². The van der Waals surface area contributed by atoms with E-state index in [1.807, 2.05) is 24.3 Å². The average Bonchev–Trinajstić information content (AvgIpc) is 3.29. The Morgan fingerprint density at radius 1 is 1.16 bits per heavy atom. The number of pyridine rings is 1. The van der Waals surface area contributed by atoms with Crippen molar-refractivity contribution >= 4 is 23.3 Å². The van der Waals surface area contributed by atoms with Gasteiger partial charge >= 0.3 is 5.97 Å². The molecule has 0 unspecified atom stereocenters. The summed E-state index contributed by atoms with van der Waals surface area (Å²) < 4.78 is 7.20. The molecule has 1 aromatic carbocycles. The lowest BCUT2D eigenvalue weighted by atomic mass is 9.96. The fraction of sp³-hybridized carbons (Fsp3) is 0.320. The molecule has 0 radical (unpaired) electrons. The van der Waals surface area contributed by atoms with Gasteiger partial charge < -0.3 is 19.5 Å². The van der Waals surface area contributed by atoms with E-state index < -0.39 is 0 Å². The van der Waals surface area contributed by atoms with E-state index in [2.05, 4.69) is 63.9 Å². The number of thiocarbonyl (C=S) groups is 1. The van der Waals surface area contributed by atoms with Crippen molar-refractivity contribution in [3.63, 3.8) is 0 Å². The van der Waals surface area contributed by atoms with Gasteiger partial charge in [-0.2, -0.15) is 0 Å². The van der Waals surface area contributed by atoms with Gasteiger partial charge in [-0.3, -0.25) is 9.78 Å². The highest BCUT2D eigenvalue weighted by Crippen LogP contribution is 2.41. The average molecular weight is 449 g/mol. The zero-order valence-electron chi connectivity index (χ0n) is 18.6. The summed E-state index contributed by atoms with van der Waals surface area (Å²) >= 11 is 5.70. The zero-order chi connectivity index (χ0) is 22.7. The number of hydrogen-bond acceptors (Lipinski definition) is 4. The third-order valence-corrected chi connectivity index (χ3v) is 6.45. The van der Waals surface area contributed by atoms with E-state index in [4.69, 9.17) is 17.0 Å². The molecular formula is C25H28N4O2S. The van der Waals surface area contributed by atoms with Gasteiger partial charge in [0.25, 0.3) is 0 Å². The fourth-order valence-corrected chi connectivity index (χ4v) is 4.77. The summed E-state index contributed by atoms with van der Waals surface area (Å²) in [5.41, 5.74) is 5.74. The van der Waals surface area contributed by atoms with E-state index in [0.717, 1.165) is 12.2 Å². The molecule has 6 nitrogen and oxygen atoms in total. The van der Waals surface area contributed by atoms with Crippen LogP contribution in [0.1, 0.15) is 46.7 Å². The molecule has 1 N–H and O–H groups in total. The number of carbonyl (C=O) groups excluding carboxylic acids is 1. The van der Waals surface area contributed by atoms with Crippen molar-refractivity contribution in [1.29, 1.82) is 0 Å². The number of aryl methyl sites for hydroxylation is 1.